The van der Waals surface area contributed by atoms with Gasteiger partial charge in [-0.3, -0.25) is 4.57 Å². The first-order chi connectivity index (χ1) is 6.97. The van der Waals surface area contributed by atoms with Crippen molar-refractivity contribution < 1.29 is 9.09 Å². The lowest BCUT2D eigenvalue weighted by atomic mass is 10.3. The summed E-state index contributed by atoms with van der Waals surface area (Å²) in [6.45, 7) is 10.4. The Morgan fingerprint density at radius 3 is 1.73 bits per heavy atom. The molecule has 0 saturated carbocycles. The van der Waals surface area contributed by atoms with E-state index in [0.29, 0.717) is 6.61 Å². The molecule has 0 amide bonds. The van der Waals surface area contributed by atoms with Crippen LogP contribution in [0, 0.1) is 0 Å². The third-order valence-electron chi connectivity index (χ3n) is 2.32. The second kappa shape index (κ2) is 7.39. The predicted molar refractivity (Wildman–Crippen MR) is 65.0 cm³/mol. The SMILES string of the molecule is CCOP(=O)(N[C@@H](C)CC)N[C@@H](C)CC. The Labute approximate surface area is 93.7 Å². The van der Waals surface area contributed by atoms with Gasteiger partial charge in [-0.25, -0.2) is 10.2 Å². The van der Waals surface area contributed by atoms with Gasteiger partial charge in [-0.15, -0.1) is 0 Å². The fourth-order valence-electron chi connectivity index (χ4n) is 1.06. The maximum absolute atomic E-state index is 12.3. The third-order valence-corrected chi connectivity index (χ3v) is 4.50. The van der Waals surface area contributed by atoms with Gasteiger partial charge in [0.2, 0.25) is 0 Å². The summed E-state index contributed by atoms with van der Waals surface area (Å²) in [7, 11) is -2.86. The number of nitrogens with one attached hydrogen (secondary N) is 2. The lowest BCUT2D eigenvalue weighted by Crippen LogP contribution is -2.34. The molecule has 5 heteroatoms. The Balaban J connectivity index is 4.37. The molecule has 0 aliphatic rings. The van der Waals surface area contributed by atoms with Crippen LogP contribution in [0.15, 0.2) is 0 Å². The smallest absolute Gasteiger partial charge is 0.306 e. The van der Waals surface area contributed by atoms with Gasteiger partial charge in [-0.05, 0) is 33.6 Å². The zero-order chi connectivity index (χ0) is 11.9. The summed E-state index contributed by atoms with van der Waals surface area (Å²) in [5.74, 6) is 0. The molecule has 0 fully saturated rings. The second-order valence-corrected chi connectivity index (χ2v) is 5.72. The topological polar surface area (TPSA) is 50.4 Å². The van der Waals surface area contributed by atoms with E-state index in [0.717, 1.165) is 12.8 Å². The average Bonchev–Trinajstić information content (AvgIpc) is 2.17. The molecular weight excluding hydrogens is 211 g/mol. The molecule has 2 N–H and O–H groups in total. The van der Waals surface area contributed by atoms with E-state index in [1.807, 2.05) is 20.8 Å². The zero-order valence-corrected chi connectivity index (χ0v) is 11.4. The maximum atomic E-state index is 12.3. The molecule has 0 aliphatic heterocycles. The van der Waals surface area contributed by atoms with Crippen molar-refractivity contribution in [1.29, 1.82) is 0 Å². The minimum Gasteiger partial charge on any atom is -0.306 e. The van der Waals surface area contributed by atoms with E-state index in [1.165, 1.54) is 0 Å². The Hall–Kier alpha value is 0.110. The quantitative estimate of drug-likeness (QED) is 0.636. The predicted octanol–water partition coefficient (Wildman–Crippen LogP) is 2.91. The van der Waals surface area contributed by atoms with Gasteiger partial charge >= 0.3 is 7.67 Å². The first-order valence-electron chi connectivity index (χ1n) is 5.77. The Bertz CT molecular complexity index is 196. The van der Waals surface area contributed by atoms with Crippen LogP contribution in [0.3, 0.4) is 0 Å². The van der Waals surface area contributed by atoms with E-state index in [1.54, 1.807) is 0 Å². The molecule has 0 heterocycles. The molecule has 0 rings (SSSR count). The first-order valence-corrected chi connectivity index (χ1v) is 7.40. The fraction of sp³-hybridized carbons (Fsp3) is 1.00. The van der Waals surface area contributed by atoms with Gasteiger partial charge in [-0.2, -0.15) is 0 Å². The molecule has 0 aromatic heterocycles. The second-order valence-electron chi connectivity index (χ2n) is 3.85. The molecule has 4 nitrogen and oxygen atoms in total. The number of hydrogen-bond acceptors (Lipinski definition) is 2. The van der Waals surface area contributed by atoms with Crippen molar-refractivity contribution in [3.05, 3.63) is 0 Å². The number of hydrogen-bond donors (Lipinski definition) is 2. The summed E-state index contributed by atoms with van der Waals surface area (Å²) in [4.78, 5) is 0. The molecule has 0 aromatic rings. The molecular formula is C10H25N2O2P. The normalized spacial score (nSPS) is 16.3. The summed E-state index contributed by atoms with van der Waals surface area (Å²) in [6.07, 6.45) is 1.86. The molecule has 0 aromatic carbocycles. The molecule has 0 bridgehead atoms. The van der Waals surface area contributed by atoms with Gasteiger partial charge in [0.15, 0.2) is 0 Å². The summed E-state index contributed by atoms with van der Waals surface area (Å²) in [6, 6.07) is 0.387. The van der Waals surface area contributed by atoms with Crippen molar-refractivity contribution in [3.8, 4) is 0 Å². The highest BCUT2D eigenvalue weighted by Gasteiger charge is 2.25. The Morgan fingerprint density at radius 2 is 1.47 bits per heavy atom. The van der Waals surface area contributed by atoms with Gasteiger partial charge in [0.05, 0.1) is 6.61 Å². The van der Waals surface area contributed by atoms with Gasteiger partial charge in [-0.1, -0.05) is 13.8 Å². The van der Waals surface area contributed by atoms with E-state index < -0.39 is 7.67 Å². The molecule has 2 atom stereocenters. The molecule has 0 saturated heterocycles. The molecule has 0 unspecified atom stereocenters. The lowest BCUT2D eigenvalue weighted by Gasteiger charge is -2.25. The number of rotatable bonds is 8. The van der Waals surface area contributed by atoms with Crippen LogP contribution < -0.4 is 10.2 Å². The van der Waals surface area contributed by atoms with Crippen LogP contribution in [-0.4, -0.2) is 18.7 Å². The van der Waals surface area contributed by atoms with Crippen molar-refractivity contribution in [2.24, 2.45) is 0 Å². The van der Waals surface area contributed by atoms with Crippen molar-refractivity contribution in [2.45, 2.75) is 59.5 Å². The monoisotopic (exact) mass is 236 g/mol. The van der Waals surface area contributed by atoms with Crippen molar-refractivity contribution in [2.75, 3.05) is 6.61 Å². The van der Waals surface area contributed by atoms with Crippen LogP contribution >= 0.6 is 7.67 Å². The van der Waals surface area contributed by atoms with Crippen LogP contribution in [0.5, 0.6) is 0 Å². The highest BCUT2D eigenvalue weighted by molar-refractivity contribution is 7.54. The van der Waals surface area contributed by atoms with Crippen LogP contribution in [0.4, 0.5) is 0 Å². The van der Waals surface area contributed by atoms with Gasteiger partial charge < -0.3 is 4.52 Å². The summed E-state index contributed by atoms with van der Waals surface area (Å²) < 4.78 is 17.6. The molecule has 15 heavy (non-hydrogen) atoms. The standard InChI is InChI=1S/C10H25N2O2P/c1-6-9(4)11-15(13,14-8-3)12-10(5)7-2/h9-10H,6-8H2,1-5H3,(H2,11,12,13)/t9-,10-/m0/s1. The fourth-order valence-corrected chi connectivity index (χ4v) is 3.17. The van der Waals surface area contributed by atoms with Gasteiger partial charge in [0.1, 0.15) is 0 Å². The molecule has 0 aliphatic carbocycles. The molecule has 0 spiro atoms. The summed E-state index contributed by atoms with van der Waals surface area (Å²) >= 11 is 0. The van der Waals surface area contributed by atoms with E-state index in [2.05, 4.69) is 24.0 Å². The average molecular weight is 236 g/mol. The van der Waals surface area contributed by atoms with Gasteiger partial charge in [0, 0.05) is 12.1 Å². The van der Waals surface area contributed by atoms with Crippen molar-refractivity contribution >= 4 is 7.67 Å². The Morgan fingerprint density at radius 1 is 1.07 bits per heavy atom. The summed E-state index contributed by atoms with van der Waals surface area (Å²) in [5.41, 5.74) is 0. The Kier molecular flexibility index (Phi) is 7.45. The first kappa shape index (κ1) is 15.1. The maximum Gasteiger partial charge on any atom is 0.341 e. The van der Waals surface area contributed by atoms with E-state index in [9.17, 15) is 4.57 Å². The minimum absolute atomic E-state index is 0.193. The van der Waals surface area contributed by atoms with E-state index in [4.69, 9.17) is 4.52 Å². The lowest BCUT2D eigenvalue weighted by molar-refractivity contribution is 0.305. The van der Waals surface area contributed by atoms with Crippen LogP contribution in [0.25, 0.3) is 0 Å². The minimum atomic E-state index is -2.86. The van der Waals surface area contributed by atoms with Crippen LogP contribution in [0.2, 0.25) is 0 Å². The van der Waals surface area contributed by atoms with Crippen molar-refractivity contribution in [1.82, 2.24) is 10.2 Å². The van der Waals surface area contributed by atoms with E-state index >= 15 is 0 Å². The molecule has 92 valence electrons. The van der Waals surface area contributed by atoms with Crippen LogP contribution in [-0.2, 0) is 9.09 Å². The largest absolute Gasteiger partial charge is 0.341 e. The molecule has 0 radical (unpaired) electrons. The summed E-state index contributed by atoms with van der Waals surface area (Å²) in [5, 5.41) is 6.06. The zero-order valence-electron chi connectivity index (χ0n) is 10.5. The highest BCUT2D eigenvalue weighted by atomic mass is 31.2. The van der Waals surface area contributed by atoms with Gasteiger partial charge in [0.25, 0.3) is 0 Å². The van der Waals surface area contributed by atoms with Crippen molar-refractivity contribution in [3.63, 3.8) is 0 Å². The highest BCUT2D eigenvalue weighted by Crippen LogP contribution is 2.39. The van der Waals surface area contributed by atoms with Crippen LogP contribution in [0.1, 0.15) is 47.5 Å². The van der Waals surface area contributed by atoms with E-state index in [-0.39, 0.29) is 12.1 Å². The third kappa shape index (κ3) is 6.31.